The monoisotopic (exact) mass is 234 g/mol. The minimum absolute atomic E-state index is 0.130. The van der Waals surface area contributed by atoms with Gasteiger partial charge in [-0.1, -0.05) is 0 Å². The molecule has 0 bridgehead atoms. The molecule has 90 valence electrons. The summed E-state index contributed by atoms with van der Waals surface area (Å²) < 4.78 is 3.13. The van der Waals surface area contributed by atoms with Crippen LogP contribution in [0.1, 0.15) is 5.69 Å². The Morgan fingerprint density at radius 2 is 2.29 bits per heavy atom. The van der Waals surface area contributed by atoms with Crippen LogP contribution in [0.2, 0.25) is 0 Å². The van der Waals surface area contributed by atoms with Crippen LogP contribution in [0, 0.1) is 6.92 Å². The Balaban J connectivity index is 2.00. The van der Waals surface area contributed by atoms with Crippen LogP contribution in [0.5, 0.6) is 0 Å². The number of hydrogen-bond acceptors (Lipinski definition) is 4. The highest BCUT2D eigenvalue weighted by Gasteiger charge is 2.08. The van der Waals surface area contributed by atoms with Crippen molar-refractivity contribution in [2.75, 3.05) is 11.1 Å². The molecule has 2 rings (SSSR count). The summed E-state index contributed by atoms with van der Waals surface area (Å²) in [5.74, 6) is -0.163. The Kier molecular flexibility index (Phi) is 2.82. The van der Waals surface area contributed by atoms with Gasteiger partial charge in [0.1, 0.15) is 6.54 Å². The molecule has 0 aliphatic carbocycles. The molecule has 3 N–H and O–H groups in total. The van der Waals surface area contributed by atoms with E-state index in [1.807, 2.05) is 6.92 Å². The highest BCUT2D eigenvalue weighted by atomic mass is 16.2. The van der Waals surface area contributed by atoms with Crippen molar-refractivity contribution in [3.63, 3.8) is 0 Å². The van der Waals surface area contributed by atoms with E-state index in [2.05, 4.69) is 15.5 Å². The van der Waals surface area contributed by atoms with Gasteiger partial charge in [0.2, 0.25) is 5.91 Å². The third-order valence-electron chi connectivity index (χ3n) is 2.25. The topological polar surface area (TPSA) is 90.8 Å². The van der Waals surface area contributed by atoms with Gasteiger partial charge in [0.25, 0.3) is 0 Å². The van der Waals surface area contributed by atoms with Gasteiger partial charge in [-0.3, -0.25) is 14.2 Å². The van der Waals surface area contributed by atoms with Gasteiger partial charge >= 0.3 is 0 Å². The Bertz CT molecular complexity index is 541. The van der Waals surface area contributed by atoms with E-state index >= 15 is 0 Å². The SMILES string of the molecule is Cc1nn(C)cc1NC(=O)Cn1cc(N)cn1. The molecule has 0 atom stereocenters. The fourth-order valence-corrected chi connectivity index (χ4v) is 1.53. The number of hydrogen-bond donors (Lipinski definition) is 2. The van der Waals surface area contributed by atoms with Crippen molar-refractivity contribution in [1.82, 2.24) is 19.6 Å². The van der Waals surface area contributed by atoms with E-state index in [1.54, 1.807) is 24.1 Å². The molecule has 0 aliphatic heterocycles. The van der Waals surface area contributed by atoms with Crippen LogP contribution in [0.25, 0.3) is 0 Å². The zero-order chi connectivity index (χ0) is 12.4. The maximum Gasteiger partial charge on any atom is 0.246 e. The van der Waals surface area contributed by atoms with Crippen molar-refractivity contribution in [3.8, 4) is 0 Å². The van der Waals surface area contributed by atoms with Crippen LogP contribution in [-0.4, -0.2) is 25.5 Å². The maximum absolute atomic E-state index is 11.7. The van der Waals surface area contributed by atoms with Crippen molar-refractivity contribution >= 4 is 17.3 Å². The average molecular weight is 234 g/mol. The maximum atomic E-state index is 11.7. The van der Waals surface area contributed by atoms with Gasteiger partial charge < -0.3 is 11.1 Å². The number of aromatic nitrogens is 4. The summed E-state index contributed by atoms with van der Waals surface area (Å²) in [6.07, 6.45) is 4.86. The zero-order valence-corrected chi connectivity index (χ0v) is 9.71. The molecule has 0 aliphatic rings. The molecule has 0 radical (unpaired) electrons. The first-order chi connectivity index (χ1) is 8.04. The second-order valence-electron chi connectivity index (χ2n) is 3.82. The van der Waals surface area contributed by atoms with Crippen LogP contribution in [0.15, 0.2) is 18.6 Å². The van der Waals surface area contributed by atoms with E-state index < -0.39 is 0 Å². The quantitative estimate of drug-likeness (QED) is 0.790. The molecule has 0 spiro atoms. The van der Waals surface area contributed by atoms with Gasteiger partial charge in [0.05, 0.1) is 23.3 Å². The number of carbonyl (C=O) groups excluding carboxylic acids is 1. The summed E-state index contributed by atoms with van der Waals surface area (Å²) in [6.45, 7) is 1.97. The number of nitrogen functional groups attached to an aromatic ring is 1. The van der Waals surface area contributed by atoms with Crippen molar-refractivity contribution in [2.24, 2.45) is 7.05 Å². The predicted octanol–water partition coefficient (Wildman–Crippen LogP) is 0.146. The Labute approximate surface area is 98.2 Å². The number of nitrogens with one attached hydrogen (secondary N) is 1. The summed E-state index contributed by atoms with van der Waals surface area (Å²) in [5.41, 5.74) is 7.53. The molecule has 0 saturated heterocycles. The number of aryl methyl sites for hydroxylation is 2. The summed E-state index contributed by atoms with van der Waals surface area (Å²) in [4.78, 5) is 11.7. The third kappa shape index (κ3) is 2.63. The van der Waals surface area contributed by atoms with E-state index in [4.69, 9.17) is 5.73 Å². The van der Waals surface area contributed by atoms with Crippen LogP contribution >= 0.6 is 0 Å². The number of carbonyl (C=O) groups is 1. The van der Waals surface area contributed by atoms with Crippen LogP contribution < -0.4 is 11.1 Å². The first-order valence-electron chi connectivity index (χ1n) is 5.12. The average Bonchev–Trinajstić information content (AvgIpc) is 2.74. The van der Waals surface area contributed by atoms with Crippen LogP contribution in [0.3, 0.4) is 0 Å². The number of amides is 1. The highest BCUT2D eigenvalue weighted by molar-refractivity contribution is 5.90. The summed E-state index contributed by atoms with van der Waals surface area (Å²) in [6, 6.07) is 0. The zero-order valence-electron chi connectivity index (χ0n) is 9.71. The van der Waals surface area contributed by atoms with E-state index in [9.17, 15) is 4.79 Å². The number of anilines is 2. The Morgan fingerprint density at radius 3 is 2.82 bits per heavy atom. The Morgan fingerprint density at radius 1 is 1.53 bits per heavy atom. The van der Waals surface area contributed by atoms with E-state index in [1.165, 1.54) is 10.9 Å². The lowest BCUT2D eigenvalue weighted by atomic mass is 10.4. The smallest absolute Gasteiger partial charge is 0.246 e. The molecule has 7 heteroatoms. The van der Waals surface area contributed by atoms with Gasteiger partial charge in [0, 0.05) is 19.4 Å². The molecule has 0 aromatic carbocycles. The van der Waals surface area contributed by atoms with E-state index in [-0.39, 0.29) is 12.5 Å². The fraction of sp³-hybridized carbons (Fsp3) is 0.300. The van der Waals surface area contributed by atoms with E-state index in [0.717, 1.165) is 5.69 Å². The van der Waals surface area contributed by atoms with Crippen LogP contribution in [0.4, 0.5) is 11.4 Å². The van der Waals surface area contributed by atoms with Crippen LogP contribution in [-0.2, 0) is 18.4 Å². The number of nitrogens with zero attached hydrogens (tertiary/aromatic N) is 4. The van der Waals surface area contributed by atoms with Gasteiger partial charge in [0.15, 0.2) is 0 Å². The van der Waals surface area contributed by atoms with Crippen molar-refractivity contribution in [3.05, 3.63) is 24.3 Å². The lowest BCUT2D eigenvalue weighted by Crippen LogP contribution is -2.19. The summed E-state index contributed by atoms with van der Waals surface area (Å²) in [7, 11) is 1.80. The molecule has 1 amide bonds. The predicted molar refractivity (Wildman–Crippen MR) is 63.2 cm³/mol. The van der Waals surface area contributed by atoms with Crippen molar-refractivity contribution in [1.29, 1.82) is 0 Å². The van der Waals surface area contributed by atoms with Gasteiger partial charge in [-0.25, -0.2) is 0 Å². The van der Waals surface area contributed by atoms with Gasteiger partial charge in [-0.05, 0) is 6.92 Å². The standard InChI is InChI=1S/C10H14N6O/c1-7-9(5-15(2)14-7)13-10(17)6-16-4-8(11)3-12-16/h3-5H,6,11H2,1-2H3,(H,13,17). The minimum atomic E-state index is -0.163. The first-order valence-corrected chi connectivity index (χ1v) is 5.12. The molecule has 7 nitrogen and oxygen atoms in total. The first kappa shape index (κ1) is 11.2. The van der Waals surface area contributed by atoms with Gasteiger partial charge in [-0.2, -0.15) is 10.2 Å². The van der Waals surface area contributed by atoms with Crippen molar-refractivity contribution in [2.45, 2.75) is 13.5 Å². The molecule has 0 fully saturated rings. The number of rotatable bonds is 3. The third-order valence-corrected chi connectivity index (χ3v) is 2.25. The molecular formula is C10H14N6O. The lowest BCUT2D eigenvalue weighted by molar-refractivity contribution is -0.116. The minimum Gasteiger partial charge on any atom is -0.396 e. The molecule has 17 heavy (non-hydrogen) atoms. The highest BCUT2D eigenvalue weighted by Crippen LogP contribution is 2.11. The molecular weight excluding hydrogens is 220 g/mol. The van der Waals surface area contributed by atoms with Crippen molar-refractivity contribution < 1.29 is 4.79 Å². The second kappa shape index (κ2) is 4.28. The normalized spacial score (nSPS) is 10.5. The molecule has 2 aromatic heterocycles. The summed E-state index contributed by atoms with van der Waals surface area (Å²) in [5, 5.41) is 10.8. The molecule has 0 saturated carbocycles. The largest absolute Gasteiger partial charge is 0.396 e. The lowest BCUT2D eigenvalue weighted by Gasteiger charge is -2.03. The molecule has 2 aromatic rings. The fourth-order valence-electron chi connectivity index (χ4n) is 1.53. The summed E-state index contributed by atoms with van der Waals surface area (Å²) >= 11 is 0. The number of nitrogens with two attached hydrogens (primary N) is 1. The van der Waals surface area contributed by atoms with E-state index in [0.29, 0.717) is 11.4 Å². The van der Waals surface area contributed by atoms with Gasteiger partial charge in [-0.15, -0.1) is 0 Å². The molecule has 0 unspecified atom stereocenters. The Hall–Kier alpha value is -2.31. The second-order valence-corrected chi connectivity index (χ2v) is 3.82. The molecule has 2 heterocycles.